The van der Waals surface area contributed by atoms with E-state index in [0.29, 0.717) is 6.10 Å². The molecule has 0 radical (unpaired) electrons. The SMILES string of the molecule is CC1(C2CC[C@@]3(C)OC3C2)CO1. The molecule has 68 valence electrons. The summed E-state index contributed by atoms with van der Waals surface area (Å²) in [6, 6.07) is 0. The summed E-state index contributed by atoms with van der Waals surface area (Å²) >= 11 is 0. The van der Waals surface area contributed by atoms with Crippen LogP contribution in [0.5, 0.6) is 0 Å². The molecule has 0 N–H and O–H groups in total. The third-order valence-corrected chi connectivity index (χ3v) is 3.99. The average molecular weight is 168 g/mol. The first-order valence-corrected chi connectivity index (χ1v) is 4.94. The van der Waals surface area contributed by atoms with E-state index in [1.54, 1.807) is 0 Å². The Balaban J connectivity index is 1.70. The van der Waals surface area contributed by atoms with Crippen molar-refractivity contribution in [2.75, 3.05) is 6.61 Å². The van der Waals surface area contributed by atoms with Gasteiger partial charge in [-0.25, -0.2) is 0 Å². The number of hydrogen-bond donors (Lipinski definition) is 0. The van der Waals surface area contributed by atoms with Crippen molar-refractivity contribution in [2.45, 2.75) is 50.4 Å². The zero-order valence-electron chi connectivity index (χ0n) is 7.80. The fourth-order valence-electron chi connectivity index (χ4n) is 2.55. The van der Waals surface area contributed by atoms with Crippen LogP contribution in [-0.4, -0.2) is 23.9 Å². The van der Waals surface area contributed by atoms with Gasteiger partial charge in [-0.3, -0.25) is 0 Å². The Morgan fingerprint density at radius 1 is 1.25 bits per heavy atom. The van der Waals surface area contributed by atoms with Gasteiger partial charge in [0.1, 0.15) is 0 Å². The molecule has 2 heterocycles. The molecule has 2 nitrogen and oxygen atoms in total. The van der Waals surface area contributed by atoms with E-state index in [4.69, 9.17) is 9.47 Å². The van der Waals surface area contributed by atoms with Crippen molar-refractivity contribution in [1.82, 2.24) is 0 Å². The van der Waals surface area contributed by atoms with Gasteiger partial charge in [-0.2, -0.15) is 0 Å². The lowest BCUT2D eigenvalue weighted by atomic mass is 9.77. The van der Waals surface area contributed by atoms with Crippen molar-refractivity contribution in [1.29, 1.82) is 0 Å². The van der Waals surface area contributed by atoms with Crippen molar-refractivity contribution in [3.8, 4) is 0 Å². The van der Waals surface area contributed by atoms with Crippen LogP contribution in [0.1, 0.15) is 33.1 Å². The molecule has 4 atom stereocenters. The monoisotopic (exact) mass is 168 g/mol. The van der Waals surface area contributed by atoms with E-state index in [1.807, 2.05) is 0 Å². The maximum absolute atomic E-state index is 5.66. The summed E-state index contributed by atoms with van der Waals surface area (Å²) in [7, 11) is 0. The molecule has 2 saturated heterocycles. The molecule has 12 heavy (non-hydrogen) atoms. The summed E-state index contributed by atoms with van der Waals surface area (Å²) in [6.45, 7) is 5.45. The third kappa shape index (κ3) is 0.882. The maximum atomic E-state index is 5.66. The molecule has 0 aromatic heterocycles. The average Bonchev–Trinajstić information content (AvgIpc) is 2.86. The Hall–Kier alpha value is -0.0800. The molecule has 2 heteroatoms. The highest BCUT2D eigenvalue weighted by molar-refractivity contribution is 5.08. The quantitative estimate of drug-likeness (QED) is 0.557. The smallest absolute Gasteiger partial charge is 0.0920 e. The molecule has 0 spiro atoms. The van der Waals surface area contributed by atoms with Gasteiger partial charge in [-0.15, -0.1) is 0 Å². The Labute approximate surface area is 73.2 Å². The molecule has 1 aliphatic carbocycles. The summed E-state index contributed by atoms with van der Waals surface area (Å²) in [5.74, 6) is 0.762. The lowest BCUT2D eigenvalue weighted by molar-refractivity contribution is 0.191. The Morgan fingerprint density at radius 3 is 2.58 bits per heavy atom. The van der Waals surface area contributed by atoms with Crippen molar-refractivity contribution < 1.29 is 9.47 Å². The highest BCUT2D eigenvalue weighted by Crippen LogP contribution is 2.54. The summed E-state index contributed by atoms with van der Waals surface area (Å²) in [5.41, 5.74) is 0.495. The zero-order chi connectivity index (χ0) is 8.40. The van der Waals surface area contributed by atoms with Gasteiger partial charge in [-0.05, 0) is 39.0 Å². The lowest BCUT2D eigenvalue weighted by Crippen LogP contribution is -2.29. The van der Waals surface area contributed by atoms with Crippen LogP contribution in [0.3, 0.4) is 0 Å². The zero-order valence-corrected chi connectivity index (χ0v) is 7.80. The molecule has 3 aliphatic rings. The van der Waals surface area contributed by atoms with Crippen LogP contribution in [0.15, 0.2) is 0 Å². The van der Waals surface area contributed by atoms with Crippen LogP contribution in [0.2, 0.25) is 0 Å². The van der Waals surface area contributed by atoms with Crippen molar-refractivity contribution in [3.63, 3.8) is 0 Å². The summed E-state index contributed by atoms with van der Waals surface area (Å²) in [5, 5.41) is 0. The fraction of sp³-hybridized carbons (Fsp3) is 1.00. The normalized spacial score (nSPS) is 62.5. The minimum atomic E-state index is 0.229. The molecule has 1 saturated carbocycles. The van der Waals surface area contributed by atoms with E-state index < -0.39 is 0 Å². The predicted octanol–water partition coefficient (Wildman–Crippen LogP) is 1.73. The van der Waals surface area contributed by atoms with E-state index in [9.17, 15) is 0 Å². The van der Waals surface area contributed by atoms with Gasteiger partial charge < -0.3 is 9.47 Å². The molecular weight excluding hydrogens is 152 g/mol. The largest absolute Gasteiger partial charge is 0.370 e. The van der Waals surface area contributed by atoms with Crippen LogP contribution in [-0.2, 0) is 9.47 Å². The highest BCUT2D eigenvalue weighted by Gasteiger charge is 2.60. The second-order valence-corrected chi connectivity index (χ2v) is 4.99. The molecule has 0 aromatic rings. The van der Waals surface area contributed by atoms with E-state index in [1.165, 1.54) is 19.3 Å². The third-order valence-electron chi connectivity index (χ3n) is 3.99. The molecule has 3 unspecified atom stereocenters. The number of hydrogen-bond acceptors (Lipinski definition) is 2. The van der Waals surface area contributed by atoms with Gasteiger partial charge in [0.2, 0.25) is 0 Å². The fourth-order valence-corrected chi connectivity index (χ4v) is 2.55. The molecule has 0 aromatic carbocycles. The van der Waals surface area contributed by atoms with Gasteiger partial charge in [0.15, 0.2) is 0 Å². The number of fused-ring (bicyclic) bond motifs is 1. The molecule has 3 rings (SSSR count). The minimum absolute atomic E-state index is 0.229. The highest BCUT2D eigenvalue weighted by atomic mass is 16.6. The van der Waals surface area contributed by atoms with Gasteiger partial charge in [-0.1, -0.05) is 0 Å². The second-order valence-electron chi connectivity index (χ2n) is 4.99. The number of epoxide rings is 2. The van der Waals surface area contributed by atoms with Crippen LogP contribution < -0.4 is 0 Å². The Morgan fingerprint density at radius 2 is 2.00 bits per heavy atom. The number of rotatable bonds is 1. The first-order valence-electron chi connectivity index (χ1n) is 4.94. The second kappa shape index (κ2) is 1.88. The lowest BCUT2D eigenvalue weighted by Gasteiger charge is -2.25. The standard InChI is InChI=1S/C10H16O2/c1-9-4-3-7(5-8(9)12-9)10(2)6-11-10/h7-8H,3-6H2,1-2H3/t7?,8?,9-,10?/m1/s1. The van der Waals surface area contributed by atoms with E-state index in [0.717, 1.165) is 12.5 Å². The molecular formula is C10H16O2. The summed E-state index contributed by atoms with van der Waals surface area (Å²) in [4.78, 5) is 0. The first kappa shape index (κ1) is 7.34. The minimum Gasteiger partial charge on any atom is -0.370 e. The topological polar surface area (TPSA) is 25.1 Å². The first-order chi connectivity index (χ1) is 5.62. The van der Waals surface area contributed by atoms with Gasteiger partial charge in [0.05, 0.1) is 23.9 Å². The van der Waals surface area contributed by atoms with Crippen LogP contribution in [0.4, 0.5) is 0 Å². The van der Waals surface area contributed by atoms with Gasteiger partial charge in [0.25, 0.3) is 0 Å². The molecule has 0 amide bonds. The molecule has 3 fully saturated rings. The van der Waals surface area contributed by atoms with E-state index in [2.05, 4.69) is 13.8 Å². The van der Waals surface area contributed by atoms with Crippen LogP contribution >= 0.6 is 0 Å². The van der Waals surface area contributed by atoms with Crippen molar-refractivity contribution in [2.24, 2.45) is 5.92 Å². The molecule has 2 aliphatic heterocycles. The van der Waals surface area contributed by atoms with Crippen molar-refractivity contribution in [3.05, 3.63) is 0 Å². The number of ether oxygens (including phenoxy) is 2. The van der Waals surface area contributed by atoms with Gasteiger partial charge in [0, 0.05) is 0 Å². The summed E-state index contributed by atoms with van der Waals surface area (Å²) < 4.78 is 11.1. The van der Waals surface area contributed by atoms with Gasteiger partial charge >= 0.3 is 0 Å². The van der Waals surface area contributed by atoms with Crippen LogP contribution in [0, 0.1) is 5.92 Å². The molecule has 0 bridgehead atoms. The maximum Gasteiger partial charge on any atom is 0.0920 e. The Kier molecular flexibility index (Phi) is 1.15. The summed E-state index contributed by atoms with van der Waals surface area (Å²) in [6.07, 6.45) is 4.31. The van der Waals surface area contributed by atoms with Crippen molar-refractivity contribution >= 4 is 0 Å². The Bertz CT molecular complexity index is 222. The van der Waals surface area contributed by atoms with E-state index in [-0.39, 0.29) is 11.2 Å². The predicted molar refractivity (Wildman–Crippen MR) is 45.0 cm³/mol. The van der Waals surface area contributed by atoms with Crippen LogP contribution in [0.25, 0.3) is 0 Å². The van der Waals surface area contributed by atoms with E-state index >= 15 is 0 Å².